The van der Waals surface area contributed by atoms with Crippen LogP contribution in [0.15, 0.2) is 36.7 Å². The molecule has 0 atom stereocenters. The van der Waals surface area contributed by atoms with Gasteiger partial charge in [0.1, 0.15) is 5.75 Å². The van der Waals surface area contributed by atoms with Crippen LogP contribution in [0.1, 0.15) is 19.4 Å². The number of ether oxygens (including phenoxy) is 1. The first-order chi connectivity index (χ1) is 7.81. The Labute approximate surface area is 96.7 Å². The van der Waals surface area contributed by atoms with Gasteiger partial charge in [0.05, 0.1) is 12.8 Å². The molecule has 3 nitrogen and oxygen atoms in total. The molecule has 2 rings (SSSR count). The zero-order valence-electron chi connectivity index (χ0n) is 10.3. The summed E-state index contributed by atoms with van der Waals surface area (Å²) in [7, 11) is 1.68. The summed E-state index contributed by atoms with van der Waals surface area (Å²) >= 11 is 0. The molecule has 0 fully saturated rings. The largest absolute Gasteiger partial charge is 0.496 e. The van der Waals surface area contributed by atoms with E-state index >= 15 is 0 Å². The predicted octanol–water partition coefficient (Wildman–Crippen LogP) is 3.22. The third-order valence-corrected chi connectivity index (χ3v) is 2.15. The summed E-state index contributed by atoms with van der Waals surface area (Å²) in [6, 6.07) is 7.89. The fourth-order valence-corrected chi connectivity index (χ4v) is 1.43. The summed E-state index contributed by atoms with van der Waals surface area (Å²) in [4.78, 5) is 0. The van der Waals surface area contributed by atoms with Crippen LogP contribution < -0.4 is 4.74 Å². The van der Waals surface area contributed by atoms with Gasteiger partial charge in [-0.2, -0.15) is 5.10 Å². The highest BCUT2D eigenvalue weighted by atomic mass is 16.5. The first-order valence-corrected chi connectivity index (χ1v) is 5.46. The van der Waals surface area contributed by atoms with Crippen molar-refractivity contribution in [2.24, 2.45) is 0 Å². The molecule has 0 spiro atoms. The number of hydrogen-bond donors (Lipinski definition) is 0. The maximum atomic E-state index is 5.19. The minimum absolute atomic E-state index is 0.904. The molecule has 1 heterocycles. The van der Waals surface area contributed by atoms with Crippen molar-refractivity contribution in [2.45, 2.75) is 20.8 Å². The van der Waals surface area contributed by atoms with E-state index in [0.717, 1.165) is 17.0 Å². The standard InChI is InChI=1S/C11H12N2O.C2H6/c1-9-8-10(4-5-11(9)14-2)13-7-3-6-12-13;1-2/h3-8H,1-2H3;1-2H3. The van der Waals surface area contributed by atoms with Gasteiger partial charge in [-0.05, 0) is 36.8 Å². The molecule has 0 radical (unpaired) electrons. The molecule has 0 saturated heterocycles. The van der Waals surface area contributed by atoms with Gasteiger partial charge < -0.3 is 4.74 Å². The zero-order chi connectivity index (χ0) is 12.0. The van der Waals surface area contributed by atoms with Gasteiger partial charge in [-0.1, -0.05) is 13.8 Å². The average molecular weight is 218 g/mol. The van der Waals surface area contributed by atoms with Gasteiger partial charge in [0.25, 0.3) is 0 Å². The summed E-state index contributed by atoms with van der Waals surface area (Å²) < 4.78 is 7.01. The molecule has 0 aliphatic carbocycles. The zero-order valence-corrected chi connectivity index (χ0v) is 10.3. The van der Waals surface area contributed by atoms with Crippen LogP contribution in [0, 0.1) is 6.92 Å². The number of nitrogens with zero attached hydrogens (tertiary/aromatic N) is 2. The van der Waals surface area contributed by atoms with Crippen molar-refractivity contribution in [3.8, 4) is 11.4 Å². The number of benzene rings is 1. The highest BCUT2D eigenvalue weighted by molar-refractivity contribution is 5.42. The van der Waals surface area contributed by atoms with Crippen molar-refractivity contribution >= 4 is 0 Å². The van der Waals surface area contributed by atoms with Crippen molar-refractivity contribution < 1.29 is 4.74 Å². The summed E-state index contributed by atoms with van der Waals surface area (Å²) in [5.74, 6) is 0.904. The second kappa shape index (κ2) is 5.95. The lowest BCUT2D eigenvalue weighted by molar-refractivity contribution is 0.411. The fourth-order valence-electron chi connectivity index (χ4n) is 1.43. The predicted molar refractivity (Wildman–Crippen MR) is 66.2 cm³/mol. The Hall–Kier alpha value is -1.77. The van der Waals surface area contributed by atoms with Crippen LogP contribution >= 0.6 is 0 Å². The maximum Gasteiger partial charge on any atom is 0.121 e. The monoisotopic (exact) mass is 218 g/mol. The summed E-state index contributed by atoms with van der Waals surface area (Å²) in [5.41, 5.74) is 2.16. The molecule has 1 aromatic heterocycles. The number of methoxy groups -OCH3 is 1. The van der Waals surface area contributed by atoms with E-state index in [1.165, 1.54) is 0 Å². The molecular formula is C13H18N2O. The van der Waals surface area contributed by atoms with Crippen molar-refractivity contribution in [3.05, 3.63) is 42.2 Å². The van der Waals surface area contributed by atoms with Crippen LogP contribution in [-0.2, 0) is 0 Å². The highest BCUT2D eigenvalue weighted by Gasteiger charge is 2.00. The van der Waals surface area contributed by atoms with E-state index in [2.05, 4.69) is 5.10 Å². The molecule has 0 N–H and O–H groups in total. The molecule has 0 bridgehead atoms. The Morgan fingerprint density at radius 2 is 2.00 bits per heavy atom. The molecule has 0 aliphatic heterocycles. The minimum Gasteiger partial charge on any atom is -0.496 e. The van der Waals surface area contributed by atoms with Gasteiger partial charge in [-0.3, -0.25) is 0 Å². The molecule has 0 saturated carbocycles. The normalized spacial score (nSPS) is 9.25. The topological polar surface area (TPSA) is 27.1 Å². The van der Waals surface area contributed by atoms with Crippen molar-refractivity contribution in [1.82, 2.24) is 9.78 Å². The van der Waals surface area contributed by atoms with E-state index in [1.807, 2.05) is 55.9 Å². The van der Waals surface area contributed by atoms with Crippen LogP contribution in [0.4, 0.5) is 0 Å². The van der Waals surface area contributed by atoms with Gasteiger partial charge in [0.2, 0.25) is 0 Å². The van der Waals surface area contributed by atoms with Gasteiger partial charge in [0, 0.05) is 12.4 Å². The molecular weight excluding hydrogens is 200 g/mol. The molecule has 86 valence electrons. The summed E-state index contributed by atoms with van der Waals surface area (Å²) in [5, 5.41) is 4.16. The van der Waals surface area contributed by atoms with E-state index in [9.17, 15) is 0 Å². The van der Waals surface area contributed by atoms with Gasteiger partial charge in [-0.25, -0.2) is 4.68 Å². The first-order valence-electron chi connectivity index (χ1n) is 5.46. The second-order valence-electron chi connectivity index (χ2n) is 3.10. The third-order valence-electron chi connectivity index (χ3n) is 2.15. The molecule has 16 heavy (non-hydrogen) atoms. The van der Waals surface area contributed by atoms with E-state index in [-0.39, 0.29) is 0 Å². The smallest absolute Gasteiger partial charge is 0.121 e. The Morgan fingerprint density at radius 3 is 2.50 bits per heavy atom. The molecule has 0 aliphatic rings. The number of hydrogen-bond acceptors (Lipinski definition) is 2. The molecule has 1 aromatic carbocycles. The van der Waals surface area contributed by atoms with Crippen LogP contribution in [0.25, 0.3) is 5.69 Å². The Bertz CT molecular complexity index is 422. The van der Waals surface area contributed by atoms with Crippen molar-refractivity contribution in [3.63, 3.8) is 0 Å². The van der Waals surface area contributed by atoms with Crippen molar-refractivity contribution in [1.29, 1.82) is 0 Å². The first kappa shape index (κ1) is 12.3. The Balaban J connectivity index is 0.000000606. The number of rotatable bonds is 2. The van der Waals surface area contributed by atoms with Crippen LogP contribution in [0.3, 0.4) is 0 Å². The van der Waals surface area contributed by atoms with E-state index in [1.54, 1.807) is 13.3 Å². The van der Waals surface area contributed by atoms with Crippen molar-refractivity contribution in [2.75, 3.05) is 7.11 Å². The van der Waals surface area contributed by atoms with Gasteiger partial charge >= 0.3 is 0 Å². The lowest BCUT2D eigenvalue weighted by atomic mass is 10.2. The lowest BCUT2D eigenvalue weighted by Gasteiger charge is -2.06. The average Bonchev–Trinajstić information content (AvgIpc) is 2.85. The fraction of sp³-hybridized carbons (Fsp3) is 0.308. The molecule has 2 aromatic rings. The van der Waals surface area contributed by atoms with Crippen LogP contribution in [0.5, 0.6) is 5.75 Å². The number of aryl methyl sites for hydroxylation is 1. The number of aromatic nitrogens is 2. The van der Waals surface area contributed by atoms with E-state index in [0.29, 0.717) is 0 Å². The SMILES string of the molecule is CC.COc1ccc(-n2cccn2)cc1C. The summed E-state index contributed by atoms with van der Waals surface area (Å²) in [6.45, 7) is 6.02. The summed E-state index contributed by atoms with van der Waals surface area (Å²) in [6.07, 6.45) is 3.68. The molecule has 0 unspecified atom stereocenters. The lowest BCUT2D eigenvalue weighted by Crippen LogP contribution is -1.95. The maximum absolute atomic E-state index is 5.19. The molecule has 3 heteroatoms. The van der Waals surface area contributed by atoms with Gasteiger partial charge in [0.15, 0.2) is 0 Å². The van der Waals surface area contributed by atoms with E-state index in [4.69, 9.17) is 4.74 Å². The molecule has 0 amide bonds. The van der Waals surface area contributed by atoms with E-state index < -0.39 is 0 Å². The quantitative estimate of drug-likeness (QED) is 0.774. The minimum atomic E-state index is 0.904. The highest BCUT2D eigenvalue weighted by Crippen LogP contribution is 2.20. The Kier molecular flexibility index (Phi) is 4.58. The van der Waals surface area contributed by atoms with Crippen LogP contribution in [0.2, 0.25) is 0 Å². The Morgan fingerprint density at radius 1 is 1.25 bits per heavy atom. The van der Waals surface area contributed by atoms with Crippen LogP contribution in [-0.4, -0.2) is 16.9 Å². The van der Waals surface area contributed by atoms with Gasteiger partial charge in [-0.15, -0.1) is 0 Å². The third kappa shape index (κ3) is 2.63. The second-order valence-corrected chi connectivity index (χ2v) is 3.10.